The lowest BCUT2D eigenvalue weighted by Crippen LogP contribution is -2.10. The summed E-state index contributed by atoms with van der Waals surface area (Å²) in [5, 5.41) is 13.5. The predicted octanol–water partition coefficient (Wildman–Crippen LogP) is 4.51. The molecule has 0 aliphatic carbocycles. The number of carbonyl (C=O) groups is 1. The third-order valence-electron chi connectivity index (χ3n) is 4.39. The fraction of sp³-hybridized carbons (Fsp3) is 0.217. The van der Waals surface area contributed by atoms with Crippen LogP contribution in [0, 0.1) is 0 Å². The van der Waals surface area contributed by atoms with Crippen molar-refractivity contribution in [2.45, 2.75) is 13.5 Å². The Morgan fingerprint density at radius 3 is 2.57 bits per heavy atom. The second-order valence-corrected chi connectivity index (χ2v) is 7.26. The number of rotatable bonds is 7. The number of aromatic carboxylic acids is 1. The number of nitrogens with zero attached hydrogens (tertiary/aromatic N) is 2. The molecule has 5 heteroatoms. The molecule has 1 aromatic heterocycles. The Balaban J connectivity index is 1.68. The van der Waals surface area contributed by atoms with E-state index < -0.39 is 5.97 Å². The zero-order valence-electron chi connectivity index (χ0n) is 16.4. The van der Waals surface area contributed by atoms with Crippen molar-refractivity contribution in [2.24, 2.45) is 0 Å². The number of benzene rings is 2. The van der Waals surface area contributed by atoms with Gasteiger partial charge in [-0.15, -0.1) is 0 Å². The molecule has 0 unspecified atom stereocenters. The average molecular weight is 375 g/mol. The summed E-state index contributed by atoms with van der Waals surface area (Å²) in [5.41, 5.74) is 5.64. The highest BCUT2D eigenvalue weighted by atomic mass is 16.4. The van der Waals surface area contributed by atoms with Crippen molar-refractivity contribution in [3.63, 3.8) is 0 Å². The topological polar surface area (TPSA) is 65.5 Å². The predicted molar refractivity (Wildman–Crippen MR) is 115 cm³/mol. The number of anilines is 1. The van der Waals surface area contributed by atoms with Gasteiger partial charge in [-0.2, -0.15) is 0 Å². The number of fused-ring (bicyclic) bond motifs is 1. The molecule has 1 heterocycles. The van der Waals surface area contributed by atoms with Crippen LogP contribution in [0.2, 0.25) is 0 Å². The molecule has 5 nitrogen and oxygen atoms in total. The van der Waals surface area contributed by atoms with Gasteiger partial charge in [0.2, 0.25) is 0 Å². The third-order valence-corrected chi connectivity index (χ3v) is 4.39. The zero-order valence-corrected chi connectivity index (χ0v) is 16.4. The van der Waals surface area contributed by atoms with Crippen LogP contribution in [0.4, 0.5) is 5.69 Å². The maximum Gasteiger partial charge on any atom is 0.335 e. The van der Waals surface area contributed by atoms with Crippen LogP contribution in [0.15, 0.2) is 60.3 Å². The number of pyridine rings is 1. The minimum absolute atomic E-state index is 0.295. The van der Waals surface area contributed by atoms with Crippen LogP contribution in [0.1, 0.15) is 28.4 Å². The van der Waals surface area contributed by atoms with Crippen molar-refractivity contribution in [3.05, 3.63) is 77.0 Å². The Bertz CT molecular complexity index is 1010. The van der Waals surface area contributed by atoms with E-state index >= 15 is 0 Å². The first-order valence-electron chi connectivity index (χ1n) is 9.18. The quantitative estimate of drug-likeness (QED) is 0.636. The van der Waals surface area contributed by atoms with Crippen LogP contribution in [-0.2, 0) is 6.54 Å². The van der Waals surface area contributed by atoms with E-state index in [1.54, 1.807) is 12.1 Å². The Labute approximate surface area is 165 Å². The smallest absolute Gasteiger partial charge is 0.335 e. The van der Waals surface area contributed by atoms with Crippen molar-refractivity contribution < 1.29 is 9.90 Å². The Hall–Kier alpha value is -3.18. The van der Waals surface area contributed by atoms with Gasteiger partial charge in [0.25, 0.3) is 0 Å². The van der Waals surface area contributed by atoms with Gasteiger partial charge < -0.3 is 15.3 Å². The normalized spacial score (nSPS) is 11.8. The van der Waals surface area contributed by atoms with Crippen molar-refractivity contribution in [2.75, 3.05) is 26.0 Å². The number of aromatic nitrogens is 1. The van der Waals surface area contributed by atoms with Crippen LogP contribution >= 0.6 is 0 Å². The van der Waals surface area contributed by atoms with E-state index in [4.69, 9.17) is 5.11 Å². The maximum absolute atomic E-state index is 10.9. The number of carboxylic acid groups (broad SMARTS) is 1. The van der Waals surface area contributed by atoms with Gasteiger partial charge >= 0.3 is 5.97 Å². The number of hydrogen-bond donors (Lipinski definition) is 2. The summed E-state index contributed by atoms with van der Waals surface area (Å²) >= 11 is 0. The fourth-order valence-electron chi connectivity index (χ4n) is 3.04. The molecule has 2 aromatic carbocycles. The fourth-order valence-corrected chi connectivity index (χ4v) is 3.04. The van der Waals surface area contributed by atoms with Crippen molar-refractivity contribution in [3.8, 4) is 0 Å². The maximum atomic E-state index is 10.9. The second kappa shape index (κ2) is 8.67. The molecule has 3 aromatic rings. The van der Waals surface area contributed by atoms with E-state index in [1.807, 2.05) is 31.3 Å². The van der Waals surface area contributed by atoms with Gasteiger partial charge in [0.1, 0.15) is 0 Å². The van der Waals surface area contributed by atoms with Crippen LogP contribution in [0.3, 0.4) is 0 Å². The summed E-state index contributed by atoms with van der Waals surface area (Å²) in [5.74, 6) is -0.911. The lowest BCUT2D eigenvalue weighted by Gasteiger charge is -2.11. The molecular formula is C23H25N3O2. The third kappa shape index (κ3) is 5.18. The number of hydrogen-bond acceptors (Lipinski definition) is 4. The van der Waals surface area contributed by atoms with Crippen LogP contribution in [-0.4, -0.2) is 41.6 Å². The van der Waals surface area contributed by atoms with E-state index in [0.29, 0.717) is 12.1 Å². The van der Waals surface area contributed by atoms with Gasteiger partial charge in [-0.1, -0.05) is 29.8 Å². The lowest BCUT2D eigenvalue weighted by atomic mass is 10.1. The summed E-state index contributed by atoms with van der Waals surface area (Å²) in [6, 6.07) is 15.3. The summed E-state index contributed by atoms with van der Waals surface area (Å²) in [4.78, 5) is 17.6. The molecule has 0 atom stereocenters. The summed E-state index contributed by atoms with van der Waals surface area (Å²) in [6.45, 7) is 3.63. The molecule has 0 spiro atoms. The molecule has 0 aliphatic rings. The molecular weight excluding hydrogens is 350 g/mol. The van der Waals surface area contributed by atoms with E-state index in [1.165, 1.54) is 5.56 Å². The molecule has 2 N–H and O–H groups in total. The average Bonchev–Trinajstić information content (AvgIpc) is 2.66. The second-order valence-electron chi connectivity index (χ2n) is 7.26. The van der Waals surface area contributed by atoms with Crippen molar-refractivity contribution in [1.29, 1.82) is 0 Å². The molecule has 0 saturated carbocycles. The highest BCUT2D eigenvalue weighted by molar-refractivity contribution is 5.87. The van der Waals surface area contributed by atoms with E-state index in [0.717, 1.165) is 34.3 Å². The highest BCUT2D eigenvalue weighted by Gasteiger charge is 2.03. The summed E-state index contributed by atoms with van der Waals surface area (Å²) in [6.07, 6.45) is 3.89. The molecule has 28 heavy (non-hydrogen) atoms. The van der Waals surface area contributed by atoms with Crippen LogP contribution in [0.25, 0.3) is 17.0 Å². The molecule has 0 radical (unpaired) electrons. The molecule has 0 amide bonds. The first-order chi connectivity index (χ1) is 13.4. The molecule has 3 rings (SSSR count). The Morgan fingerprint density at radius 2 is 1.89 bits per heavy atom. The first kappa shape index (κ1) is 19.6. The summed E-state index contributed by atoms with van der Waals surface area (Å²) in [7, 11) is 4.12. The molecule has 0 fully saturated rings. The Morgan fingerprint density at radius 1 is 1.14 bits per heavy atom. The van der Waals surface area contributed by atoms with Crippen LogP contribution in [0.5, 0.6) is 0 Å². The lowest BCUT2D eigenvalue weighted by molar-refractivity contribution is 0.0697. The van der Waals surface area contributed by atoms with Gasteiger partial charge in [0.15, 0.2) is 0 Å². The molecule has 144 valence electrons. The minimum Gasteiger partial charge on any atom is -0.478 e. The van der Waals surface area contributed by atoms with E-state index in [2.05, 4.69) is 53.6 Å². The molecule has 0 bridgehead atoms. The van der Waals surface area contributed by atoms with Gasteiger partial charge in [0.05, 0.1) is 23.0 Å². The minimum atomic E-state index is -0.911. The molecule has 0 aliphatic heterocycles. The zero-order chi connectivity index (χ0) is 20.1. The largest absolute Gasteiger partial charge is 0.478 e. The summed E-state index contributed by atoms with van der Waals surface area (Å²) < 4.78 is 0. The highest BCUT2D eigenvalue weighted by Crippen LogP contribution is 2.19. The van der Waals surface area contributed by atoms with Gasteiger partial charge in [-0.3, -0.25) is 4.98 Å². The van der Waals surface area contributed by atoms with Gasteiger partial charge in [-0.25, -0.2) is 4.79 Å². The monoisotopic (exact) mass is 375 g/mol. The Kier molecular flexibility index (Phi) is 6.06. The van der Waals surface area contributed by atoms with Gasteiger partial charge in [0, 0.05) is 18.5 Å². The van der Waals surface area contributed by atoms with Crippen LogP contribution < -0.4 is 5.32 Å². The standard InChI is InChI=1S/C23H25N3O2/c1-16(10-17-4-7-19(8-5-17)23(27)28)13-24-21-12-20-11-18(15-26(2)3)6-9-22(20)25-14-21/h4-12,14,24H,13,15H2,1-3H3,(H,27,28). The van der Waals surface area contributed by atoms with E-state index in [-0.39, 0.29) is 0 Å². The van der Waals surface area contributed by atoms with Gasteiger partial charge in [-0.05, 0) is 62.5 Å². The first-order valence-corrected chi connectivity index (χ1v) is 9.18. The number of carboxylic acids is 1. The van der Waals surface area contributed by atoms with Crippen molar-refractivity contribution >= 4 is 28.6 Å². The van der Waals surface area contributed by atoms with E-state index in [9.17, 15) is 4.79 Å². The molecule has 0 saturated heterocycles. The van der Waals surface area contributed by atoms with Crippen molar-refractivity contribution in [1.82, 2.24) is 9.88 Å². The number of nitrogens with one attached hydrogen (secondary N) is 1. The SMILES string of the molecule is CC(=Cc1ccc(C(=O)O)cc1)CNc1cnc2ccc(CN(C)C)cc2c1.